The molecule has 5 heteroatoms. The van der Waals surface area contributed by atoms with Gasteiger partial charge in [-0.2, -0.15) is 0 Å². The Morgan fingerprint density at radius 3 is 2.69 bits per heavy atom. The monoisotopic (exact) mass is 389 g/mol. The highest BCUT2D eigenvalue weighted by atomic mass is 16.5. The molecular formula is C24H25N2O3+. The van der Waals surface area contributed by atoms with Crippen LogP contribution in [0.2, 0.25) is 0 Å². The minimum atomic E-state index is -0.426. The Morgan fingerprint density at radius 2 is 1.93 bits per heavy atom. The number of aromatic amines is 1. The van der Waals surface area contributed by atoms with Gasteiger partial charge in [-0.1, -0.05) is 36.4 Å². The third-order valence-corrected chi connectivity index (χ3v) is 5.51. The van der Waals surface area contributed by atoms with Crippen molar-refractivity contribution in [3.05, 3.63) is 88.5 Å². The Hall–Kier alpha value is -3.21. The van der Waals surface area contributed by atoms with E-state index in [4.69, 9.17) is 4.74 Å². The van der Waals surface area contributed by atoms with Crippen molar-refractivity contribution in [1.29, 1.82) is 0 Å². The highest BCUT2D eigenvalue weighted by molar-refractivity contribution is 6.03. The van der Waals surface area contributed by atoms with E-state index in [9.17, 15) is 9.59 Å². The zero-order valence-electron chi connectivity index (χ0n) is 16.5. The Labute approximate surface area is 170 Å². The molecule has 1 unspecified atom stereocenters. The van der Waals surface area contributed by atoms with Gasteiger partial charge in [-0.05, 0) is 25.3 Å². The van der Waals surface area contributed by atoms with E-state index in [1.165, 1.54) is 0 Å². The van der Waals surface area contributed by atoms with Gasteiger partial charge in [0.2, 0.25) is 0 Å². The van der Waals surface area contributed by atoms with E-state index in [0.29, 0.717) is 30.6 Å². The molecule has 29 heavy (non-hydrogen) atoms. The van der Waals surface area contributed by atoms with Gasteiger partial charge >= 0.3 is 5.97 Å². The summed E-state index contributed by atoms with van der Waals surface area (Å²) in [6.07, 6.45) is 4.64. The number of hydrogen-bond acceptors (Lipinski definition) is 4. The van der Waals surface area contributed by atoms with E-state index in [-0.39, 0.29) is 11.8 Å². The molecule has 0 bridgehead atoms. The van der Waals surface area contributed by atoms with Crippen LogP contribution in [0.15, 0.2) is 77.3 Å². The van der Waals surface area contributed by atoms with Crippen LogP contribution >= 0.6 is 0 Å². The van der Waals surface area contributed by atoms with Crippen LogP contribution in [-0.2, 0) is 20.7 Å². The molecule has 1 aromatic carbocycles. The van der Waals surface area contributed by atoms with Gasteiger partial charge in [-0.3, -0.25) is 4.79 Å². The molecule has 0 amide bonds. The van der Waals surface area contributed by atoms with Gasteiger partial charge in [0.15, 0.2) is 17.7 Å². The molecule has 2 heterocycles. The molecule has 0 fully saturated rings. The van der Waals surface area contributed by atoms with Crippen LogP contribution in [0, 0.1) is 0 Å². The number of dihydropyridines is 1. The van der Waals surface area contributed by atoms with Gasteiger partial charge in [0.1, 0.15) is 5.92 Å². The molecule has 5 nitrogen and oxygen atoms in total. The van der Waals surface area contributed by atoms with E-state index >= 15 is 0 Å². The second-order valence-corrected chi connectivity index (χ2v) is 7.46. The Morgan fingerprint density at radius 1 is 1.14 bits per heavy atom. The van der Waals surface area contributed by atoms with Crippen molar-refractivity contribution < 1.29 is 19.3 Å². The fourth-order valence-corrected chi connectivity index (χ4v) is 4.14. The molecular weight excluding hydrogens is 364 g/mol. The molecule has 2 N–H and O–H groups in total. The predicted octanol–water partition coefficient (Wildman–Crippen LogP) is 3.25. The van der Waals surface area contributed by atoms with Crippen LogP contribution in [0.1, 0.15) is 43.4 Å². The number of H-pyrrole nitrogens is 1. The third-order valence-electron chi connectivity index (χ3n) is 5.51. The Kier molecular flexibility index (Phi) is 5.56. The zero-order chi connectivity index (χ0) is 20.2. The molecule has 2 aliphatic rings. The fraction of sp³-hybridized carbons (Fsp3) is 0.292. The quantitative estimate of drug-likeness (QED) is 0.797. The lowest BCUT2D eigenvalue weighted by Gasteiger charge is -2.32. The van der Waals surface area contributed by atoms with E-state index in [0.717, 1.165) is 35.5 Å². The van der Waals surface area contributed by atoms with E-state index in [2.05, 4.69) is 10.3 Å². The maximum Gasteiger partial charge on any atom is 0.337 e. The van der Waals surface area contributed by atoms with E-state index < -0.39 is 5.92 Å². The van der Waals surface area contributed by atoms with Gasteiger partial charge in [-0.15, -0.1) is 0 Å². The lowest BCUT2D eigenvalue weighted by atomic mass is 9.77. The molecule has 1 aliphatic heterocycles. The number of allylic oxidation sites excluding steroid dienone is 3. The summed E-state index contributed by atoms with van der Waals surface area (Å²) in [5, 5.41) is 3.31. The summed E-state index contributed by atoms with van der Waals surface area (Å²) in [6.45, 7) is 2.18. The Balaban J connectivity index is 1.61. The number of benzene rings is 1. The van der Waals surface area contributed by atoms with Crippen LogP contribution in [0.4, 0.5) is 0 Å². The first-order valence-electron chi connectivity index (χ1n) is 10.1. The maximum atomic E-state index is 13.1. The molecule has 1 atom stereocenters. The first kappa shape index (κ1) is 19.1. The summed E-state index contributed by atoms with van der Waals surface area (Å²) in [4.78, 5) is 29.1. The first-order chi connectivity index (χ1) is 14.1. The van der Waals surface area contributed by atoms with Crippen molar-refractivity contribution >= 4 is 11.8 Å². The highest BCUT2D eigenvalue weighted by Crippen LogP contribution is 2.41. The fourth-order valence-electron chi connectivity index (χ4n) is 4.14. The number of ketones is 1. The van der Waals surface area contributed by atoms with Crippen molar-refractivity contribution in [1.82, 2.24) is 5.32 Å². The standard InChI is InChI=1S/C24H24N2O3/c1-16-21(24(28)29-15-13-17-8-3-2-4-9-17)23(18-10-5-6-14-25-18)22-19(26-16)11-7-12-20(22)27/h2-6,8-10,14,23,26H,7,11-13,15H2,1H3/p+1. The summed E-state index contributed by atoms with van der Waals surface area (Å²) >= 11 is 0. The minimum Gasteiger partial charge on any atom is -0.462 e. The number of ether oxygens (including phenoxy) is 1. The largest absolute Gasteiger partial charge is 0.462 e. The molecule has 2 aromatic rings. The summed E-state index contributed by atoms with van der Waals surface area (Å²) in [5.41, 5.74) is 4.83. The van der Waals surface area contributed by atoms with Gasteiger partial charge in [0.05, 0.1) is 12.2 Å². The van der Waals surface area contributed by atoms with Gasteiger partial charge in [0, 0.05) is 41.9 Å². The van der Waals surface area contributed by atoms with Crippen LogP contribution in [0.25, 0.3) is 0 Å². The van der Waals surface area contributed by atoms with Crippen LogP contribution < -0.4 is 10.3 Å². The SMILES string of the molecule is CC1=C(C(=O)OCCc2ccccc2)C(c2cccc[nH+]2)C2=C(CCCC2=O)N1. The minimum absolute atomic E-state index is 0.100. The second kappa shape index (κ2) is 8.43. The second-order valence-electron chi connectivity index (χ2n) is 7.46. The number of esters is 1. The van der Waals surface area contributed by atoms with Crippen LogP contribution in [-0.4, -0.2) is 18.4 Å². The smallest absolute Gasteiger partial charge is 0.337 e. The first-order valence-corrected chi connectivity index (χ1v) is 10.1. The number of carbonyl (C=O) groups excluding carboxylic acids is 2. The number of aromatic nitrogens is 1. The van der Waals surface area contributed by atoms with Crippen molar-refractivity contribution in [3.8, 4) is 0 Å². The van der Waals surface area contributed by atoms with Crippen molar-refractivity contribution in [2.24, 2.45) is 0 Å². The molecule has 0 radical (unpaired) electrons. The van der Waals surface area contributed by atoms with E-state index in [1.54, 1.807) is 0 Å². The van der Waals surface area contributed by atoms with Gasteiger partial charge in [0.25, 0.3) is 0 Å². The van der Waals surface area contributed by atoms with Crippen LogP contribution in [0.3, 0.4) is 0 Å². The number of carbonyl (C=O) groups is 2. The number of nitrogens with one attached hydrogen (secondary N) is 2. The normalized spacial score (nSPS) is 18.9. The average molecular weight is 389 g/mol. The number of hydrogen-bond donors (Lipinski definition) is 1. The van der Waals surface area contributed by atoms with E-state index in [1.807, 2.05) is 61.7 Å². The van der Waals surface area contributed by atoms with Crippen molar-refractivity contribution in [3.63, 3.8) is 0 Å². The molecule has 1 aromatic heterocycles. The van der Waals surface area contributed by atoms with Crippen molar-refractivity contribution in [2.45, 2.75) is 38.5 Å². The Bertz CT molecular complexity index is 978. The number of Topliss-reactive ketones (excluding diaryl/α,β-unsaturated/α-hetero) is 1. The maximum absolute atomic E-state index is 13.1. The zero-order valence-corrected chi connectivity index (χ0v) is 16.5. The molecule has 0 saturated carbocycles. The summed E-state index contributed by atoms with van der Waals surface area (Å²) in [6, 6.07) is 15.7. The molecule has 148 valence electrons. The lowest BCUT2D eigenvalue weighted by molar-refractivity contribution is -0.391. The molecule has 0 spiro atoms. The molecule has 1 aliphatic carbocycles. The summed E-state index contributed by atoms with van der Waals surface area (Å²) < 4.78 is 5.64. The summed E-state index contributed by atoms with van der Waals surface area (Å²) in [5.74, 6) is -0.703. The number of pyridine rings is 1. The predicted molar refractivity (Wildman–Crippen MR) is 109 cm³/mol. The van der Waals surface area contributed by atoms with Crippen molar-refractivity contribution in [2.75, 3.05) is 6.61 Å². The third kappa shape index (κ3) is 3.99. The molecule has 0 saturated heterocycles. The van der Waals surface area contributed by atoms with Gasteiger partial charge < -0.3 is 10.1 Å². The summed E-state index contributed by atoms with van der Waals surface area (Å²) in [7, 11) is 0. The van der Waals surface area contributed by atoms with Crippen LogP contribution in [0.5, 0.6) is 0 Å². The highest BCUT2D eigenvalue weighted by Gasteiger charge is 2.41. The number of rotatable bonds is 5. The van der Waals surface area contributed by atoms with Gasteiger partial charge in [-0.25, -0.2) is 9.78 Å². The average Bonchev–Trinajstić information content (AvgIpc) is 2.74. The molecule has 4 rings (SSSR count). The topological polar surface area (TPSA) is 69.5 Å². The lowest BCUT2D eigenvalue weighted by Crippen LogP contribution is -2.36.